The SMILES string of the molecule is CC(C)C(=O)CNC(=O)C(NC(C)C(C)C)C(C)C. The quantitative estimate of drug-likeness (QED) is 0.709. The van der Waals surface area contributed by atoms with Gasteiger partial charge in [0, 0.05) is 12.0 Å². The summed E-state index contributed by atoms with van der Waals surface area (Å²) < 4.78 is 0. The summed E-state index contributed by atoms with van der Waals surface area (Å²) in [6.07, 6.45) is 0. The molecule has 0 aliphatic heterocycles. The van der Waals surface area contributed by atoms with E-state index in [-0.39, 0.29) is 42.2 Å². The molecule has 0 spiro atoms. The van der Waals surface area contributed by atoms with Crippen molar-refractivity contribution in [1.82, 2.24) is 10.6 Å². The molecule has 0 rings (SSSR count). The summed E-state index contributed by atoms with van der Waals surface area (Å²) in [6, 6.07) is 0.0105. The van der Waals surface area contributed by atoms with Crippen molar-refractivity contribution in [3.8, 4) is 0 Å². The lowest BCUT2D eigenvalue weighted by Gasteiger charge is -2.27. The van der Waals surface area contributed by atoms with Gasteiger partial charge in [-0.3, -0.25) is 9.59 Å². The van der Waals surface area contributed by atoms with Crippen molar-refractivity contribution in [2.45, 2.75) is 60.5 Å². The third kappa shape index (κ3) is 6.71. The molecule has 0 aromatic heterocycles. The number of nitrogens with one attached hydrogen (secondary N) is 2. The molecule has 4 heteroatoms. The van der Waals surface area contributed by atoms with Gasteiger partial charge < -0.3 is 10.6 Å². The Bertz CT molecular complexity index is 299. The fraction of sp³-hybridized carbons (Fsp3) is 0.867. The molecule has 19 heavy (non-hydrogen) atoms. The molecule has 0 bridgehead atoms. The van der Waals surface area contributed by atoms with Crippen LogP contribution in [0.3, 0.4) is 0 Å². The van der Waals surface area contributed by atoms with Gasteiger partial charge in [-0.2, -0.15) is 0 Å². The first-order chi connectivity index (χ1) is 8.66. The number of Topliss-reactive ketones (excluding diaryl/α,β-unsaturated/α-hetero) is 1. The monoisotopic (exact) mass is 270 g/mol. The first kappa shape index (κ1) is 18.1. The second-order valence-electron chi connectivity index (χ2n) is 6.26. The summed E-state index contributed by atoms with van der Waals surface area (Å²) >= 11 is 0. The molecule has 0 saturated heterocycles. The van der Waals surface area contributed by atoms with Gasteiger partial charge in [0.2, 0.25) is 5.91 Å². The average molecular weight is 270 g/mol. The topological polar surface area (TPSA) is 58.2 Å². The maximum absolute atomic E-state index is 12.1. The first-order valence-electron chi connectivity index (χ1n) is 7.23. The van der Waals surface area contributed by atoms with Crippen LogP contribution >= 0.6 is 0 Å². The minimum atomic E-state index is -0.252. The fourth-order valence-electron chi connectivity index (χ4n) is 1.53. The Morgan fingerprint density at radius 1 is 0.895 bits per heavy atom. The second-order valence-corrected chi connectivity index (χ2v) is 6.26. The molecule has 0 fully saturated rings. The van der Waals surface area contributed by atoms with Crippen LogP contribution in [0.5, 0.6) is 0 Å². The molecule has 0 aliphatic carbocycles. The molecule has 2 unspecified atom stereocenters. The van der Waals surface area contributed by atoms with E-state index in [1.165, 1.54) is 0 Å². The Balaban J connectivity index is 4.46. The first-order valence-corrected chi connectivity index (χ1v) is 7.23. The van der Waals surface area contributed by atoms with Crippen molar-refractivity contribution < 1.29 is 9.59 Å². The van der Waals surface area contributed by atoms with Crippen LogP contribution in [0.25, 0.3) is 0 Å². The average Bonchev–Trinajstić information content (AvgIpc) is 2.31. The molecule has 4 nitrogen and oxygen atoms in total. The highest BCUT2D eigenvalue weighted by atomic mass is 16.2. The predicted octanol–water partition coefficient (Wildman–Crippen LogP) is 1.99. The van der Waals surface area contributed by atoms with Gasteiger partial charge in [-0.15, -0.1) is 0 Å². The van der Waals surface area contributed by atoms with Crippen LogP contribution in [0.1, 0.15) is 48.5 Å². The normalized spacial score (nSPS) is 14.8. The van der Waals surface area contributed by atoms with Crippen LogP contribution in [-0.2, 0) is 9.59 Å². The third-order valence-electron chi connectivity index (χ3n) is 3.47. The van der Waals surface area contributed by atoms with Crippen LogP contribution < -0.4 is 10.6 Å². The van der Waals surface area contributed by atoms with E-state index in [2.05, 4.69) is 31.4 Å². The third-order valence-corrected chi connectivity index (χ3v) is 3.47. The summed E-state index contributed by atoms with van der Waals surface area (Å²) in [6.45, 7) is 14.1. The number of ketones is 1. The molecular weight excluding hydrogens is 240 g/mol. The Morgan fingerprint density at radius 2 is 1.42 bits per heavy atom. The van der Waals surface area contributed by atoms with E-state index in [1.807, 2.05) is 27.7 Å². The van der Waals surface area contributed by atoms with Crippen molar-refractivity contribution in [2.75, 3.05) is 6.54 Å². The summed E-state index contributed by atoms with van der Waals surface area (Å²) in [7, 11) is 0. The maximum atomic E-state index is 12.1. The van der Waals surface area contributed by atoms with E-state index in [0.29, 0.717) is 5.92 Å². The molecule has 2 atom stereocenters. The van der Waals surface area contributed by atoms with Crippen molar-refractivity contribution >= 4 is 11.7 Å². The lowest BCUT2D eigenvalue weighted by molar-refractivity contribution is -0.128. The van der Waals surface area contributed by atoms with E-state index >= 15 is 0 Å². The Morgan fingerprint density at radius 3 is 1.79 bits per heavy atom. The molecule has 0 saturated carbocycles. The highest BCUT2D eigenvalue weighted by molar-refractivity contribution is 5.89. The van der Waals surface area contributed by atoms with Crippen molar-refractivity contribution in [3.05, 3.63) is 0 Å². The Hall–Kier alpha value is -0.900. The molecule has 0 aliphatic rings. The molecule has 1 amide bonds. The highest BCUT2D eigenvalue weighted by Gasteiger charge is 2.25. The van der Waals surface area contributed by atoms with E-state index in [0.717, 1.165) is 0 Å². The zero-order valence-corrected chi connectivity index (χ0v) is 13.4. The molecule has 0 radical (unpaired) electrons. The van der Waals surface area contributed by atoms with Gasteiger partial charge in [-0.1, -0.05) is 41.5 Å². The number of hydrogen-bond acceptors (Lipinski definition) is 3. The minimum absolute atomic E-state index is 0.0413. The molecule has 0 aromatic rings. The highest BCUT2D eigenvalue weighted by Crippen LogP contribution is 2.07. The predicted molar refractivity (Wildman–Crippen MR) is 78.9 cm³/mol. The van der Waals surface area contributed by atoms with Crippen LogP contribution in [-0.4, -0.2) is 30.3 Å². The largest absolute Gasteiger partial charge is 0.348 e. The van der Waals surface area contributed by atoms with Gasteiger partial charge >= 0.3 is 0 Å². The number of carbonyl (C=O) groups excluding carboxylic acids is 2. The summed E-state index contributed by atoms with van der Waals surface area (Å²) in [5.41, 5.74) is 0. The Labute approximate surface area is 117 Å². The van der Waals surface area contributed by atoms with Crippen LogP contribution in [0.15, 0.2) is 0 Å². The zero-order valence-electron chi connectivity index (χ0n) is 13.4. The second kappa shape index (κ2) is 8.31. The molecular formula is C15H30N2O2. The number of amides is 1. The van der Waals surface area contributed by atoms with Crippen molar-refractivity contribution in [2.24, 2.45) is 17.8 Å². The smallest absolute Gasteiger partial charge is 0.237 e. The van der Waals surface area contributed by atoms with E-state index in [1.54, 1.807) is 0 Å². The minimum Gasteiger partial charge on any atom is -0.348 e. The lowest BCUT2D eigenvalue weighted by atomic mass is 9.99. The zero-order chi connectivity index (χ0) is 15.2. The van der Waals surface area contributed by atoms with Gasteiger partial charge in [0.05, 0.1) is 12.6 Å². The summed E-state index contributed by atoms with van der Waals surface area (Å²) in [4.78, 5) is 23.7. The van der Waals surface area contributed by atoms with Crippen LogP contribution in [0.4, 0.5) is 0 Å². The molecule has 0 aromatic carbocycles. The molecule has 112 valence electrons. The van der Waals surface area contributed by atoms with Gasteiger partial charge in [-0.25, -0.2) is 0 Å². The van der Waals surface area contributed by atoms with Gasteiger partial charge in [0.1, 0.15) is 0 Å². The number of carbonyl (C=O) groups is 2. The molecule has 0 heterocycles. The van der Waals surface area contributed by atoms with Crippen LogP contribution in [0, 0.1) is 17.8 Å². The number of rotatable bonds is 8. The van der Waals surface area contributed by atoms with E-state index < -0.39 is 0 Å². The van der Waals surface area contributed by atoms with Crippen molar-refractivity contribution in [3.63, 3.8) is 0 Å². The van der Waals surface area contributed by atoms with E-state index in [9.17, 15) is 9.59 Å². The van der Waals surface area contributed by atoms with Gasteiger partial charge in [0.25, 0.3) is 0 Å². The Kier molecular flexibility index (Phi) is 7.91. The lowest BCUT2D eigenvalue weighted by Crippen LogP contribution is -2.52. The molecule has 2 N–H and O–H groups in total. The standard InChI is InChI=1S/C15H30N2O2/c1-9(2)12(7)17-14(11(5)6)15(19)16-8-13(18)10(3)4/h9-12,14,17H,8H2,1-7H3,(H,16,19). The van der Waals surface area contributed by atoms with Crippen molar-refractivity contribution in [1.29, 1.82) is 0 Å². The van der Waals surface area contributed by atoms with Gasteiger partial charge in [-0.05, 0) is 18.8 Å². The summed E-state index contributed by atoms with van der Waals surface area (Å²) in [5.74, 6) is 0.589. The van der Waals surface area contributed by atoms with Gasteiger partial charge in [0.15, 0.2) is 5.78 Å². The number of hydrogen-bond donors (Lipinski definition) is 2. The van der Waals surface area contributed by atoms with Crippen LogP contribution in [0.2, 0.25) is 0 Å². The summed E-state index contributed by atoms with van der Waals surface area (Å²) in [5, 5.41) is 6.08. The fourth-order valence-corrected chi connectivity index (χ4v) is 1.53. The van der Waals surface area contributed by atoms with E-state index in [4.69, 9.17) is 0 Å². The maximum Gasteiger partial charge on any atom is 0.237 e.